The summed E-state index contributed by atoms with van der Waals surface area (Å²) in [4.78, 5) is 0. The Morgan fingerprint density at radius 3 is 1.00 bits per heavy atom. The summed E-state index contributed by atoms with van der Waals surface area (Å²) in [6, 6.07) is 0. The second-order valence-corrected chi connectivity index (χ2v) is 0. The second kappa shape index (κ2) is 20.1. The predicted octanol–water partition coefficient (Wildman–Crippen LogP) is -2.93. The van der Waals surface area contributed by atoms with Gasteiger partial charge in [0.2, 0.25) is 0 Å². The monoisotopic (exact) mass is 180 g/mol. The van der Waals surface area contributed by atoms with Gasteiger partial charge in [-0.15, -0.1) is 0 Å². The van der Waals surface area contributed by atoms with Crippen LogP contribution >= 0.6 is 0 Å². The maximum Gasteiger partial charge on any atom is 0.316 e. The topological polar surface area (TPSA) is 31.5 Å². The summed E-state index contributed by atoms with van der Waals surface area (Å²) >= 11 is 0. The SMILES string of the molecule is O.[GaH3].[MgH2].[Zn]. The Morgan fingerprint density at radius 1 is 1.00 bits per heavy atom. The molecule has 0 saturated heterocycles. The molecule has 1 nitrogen and oxygen atoms in total. The van der Waals surface area contributed by atoms with Crippen LogP contribution in [-0.4, -0.2) is 48.3 Å². The standard InChI is InChI=1S/Ga.Mg.H2O.Zn.5H/h;;1H2;;;;;;. The van der Waals surface area contributed by atoms with Crippen LogP contribution in [0.25, 0.3) is 0 Å². The van der Waals surface area contributed by atoms with Crippen molar-refractivity contribution < 1.29 is 25.0 Å². The molecular formula is H7GaMgOZn. The van der Waals surface area contributed by atoms with Crippen LogP contribution in [0.5, 0.6) is 0 Å². The summed E-state index contributed by atoms with van der Waals surface area (Å²) < 4.78 is 0. The van der Waals surface area contributed by atoms with Crippen LogP contribution < -0.4 is 0 Å². The minimum Gasteiger partial charge on any atom is 0 e. The van der Waals surface area contributed by atoms with Gasteiger partial charge in [0.25, 0.3) is 0 Å². The van der Waals surface area contributed by atoms with Crippen molar-refractivity contribution in [1.29, 1.82) is 0 Å². The Kier molecular flexibility index (Phi) is 189. The van der Waals surface area contributed by atoms with Gasteiger partial charge in [0.15, 0.2) is 0 Å². The smallest absolute Gasteiger partial charge is 0 e. The molecule has 4 heteroatoms. The van der Waals surface area contributed by atoms with E-state index in [1.54, 1.807) is 0 Å². The van der Waals surface area contributed by atoms with Crippen molar-refractivity contribution in [3.63, 3.8) is 0 Å². The zero-order chi connectivity index (χ0) is 0. The first kappa shape index (κ1) is 37.7. The van der Waals surface area contributed by atoms with Crippen LogP contribution in [0.3, 0.4) is 0 Å². The third-order valence-electron chi connectivity index (χ3n) is 0. The molecule has 0 atom stereocenters. The van der Waals surface area contributed by atoms with Gasteiger partial charge in [-0.05, 0) is 0 Å². The van der Waals surface area contributed by atoms with Crippen molar-refractivity contribution in [2.24, 2.45) is 0 Å². The van der Waals surface area contributed by atoms with Crippen LogP contribution in [-0.2, 0) is 19.5 Å². The maximum absolute atomic E-state index is 0. The maximum atomic E-state index is 0. The molecule has 0 amide bonds. The molecule has 0 unspecified atom stereocenters. The van der Waals surface area contributed by atoms with Crippen molar-refractivity contribution in [3.05, 3.63) is 0 Å². The molecule has 0 bridgehead atoms. The predicted molar refractivity (Wildman–Crippen MR) is 22.1 cm³/mol. The van der Waals surface area contributed by atoms with E-state index in [1.807, 2.05) is 0 Å². The molecule has 0 aromatic carbocycles. The first-order valence-corrected chi connectivity index (χ1v) is 0. The average molecular weight is 182 g/mol. The van der Waals surface area contributed by atoms with Gasteiger partial charge in [0.1, 0.15) is 0 Å². The van der Waals surface area contributed by atoms with E-state index in [2.05, 4.69) is 0 Å². The number of hydrogen-bond acceptors (Lipinski definition) is 0. The van der Waals surface area contributed by atoms with Gasteiger partial charge in [-0.2, -0.15) is 0 Å². The second-order valence-electron chi connectivity index (χ2n) is 0. The fraction of sp³-hybridized carbons (Fsp3) is 0. The van der Waals surface area contributed by atoms with E-state index < -0.39 is 0 Å². The van der Waals surface area contributed by atoms with Crippen molar-refractivity contribution in [2.75, 3.05) is 0 Å². The largest absolute Gasteiger partial charge is 0.316 e. The van der Waals surface area contributed by atoms with Crippen LogP contribution in [0.2, 0.25) is 0 Å². The molecule has 0 saturated carbocycles. The number of hydrogen-bond donors (Lipinski definition) is 0. The quantitative estimate of drug-likeness (QED) is 0.360. The fourth-order valence-electron chi connectivity index (χ4n) is 0. The molecule has 0 aliphatic carbocycles. The van der Waals surface area contributed by atoms with Crippen molar-refractivity contribution in [1.82, 2.24) is 0 Å². The summed E-state index contributed by atoms with van der Waals surface area (Å²) in [5, 5.41) is 0. The van der Waals surface area contributed by atoms with E-state index in [1.165, 1.54) is 0 Å². The minimum absolute atomic E-state index is 0. The van der Waals surface area contributed by atoms with Gasteiger partial charge >= 0.3 is 42.8 Å². The van der Waals surface area contributed by atoms with E-state index in [-0.39, 0.29) is 67.8 Å². The fourth-order valence-corrected chi connectivity index (χ4v) is 0. The molecule has 0 rings (SSSR count). The van der Waals surface area contributed by atoms with E-state index >= 15 is 0 Å². The van der Waals surface area contributed by atoms with Crippen molar-refractivity contribution >= 4 is 42.8 Å². The Morgan fingerprint density at radius 2 is 1.00 bits per heavy atom. The van der Waals surface area contributed by atoms with Gasteiger partial charge in [0.05, 0.1) is 0 Å². The molecule has 0 fully saturated rings. The van der Waals surface area contributed by atoms with E-state index in [4.69, 9.17) is 0 Å². The Labute approximate surface area is 67.2 Å². The Hall–Kier alpha value is 1.99. The van der Waals surface area contributed by atoms with Gasteiger partial charge < -0.3 is 5.48 Å². The van der Waals surface area contributed by atoms with Gasteiger partial charge in [0, 0.05) is 19.5 Å². The normalized spacial score (nSPS) is 0. The summed E-state index contributed by atoms with van der Waals surface area (Å²) in [7, 11) is 0. The van der Waals surface area contributed by atoms with E-state index in [0.717, 1.165) is 0 Å². The molecule has 20 valence electrons. The molecule has 0 aliphatic rings. The average Bonchev–Trinajstić information content (AvgIpc) is 0. The third kappa shape index (κ3) is 9.01. The summed E-state index contributed by atoms with van der Waals surface area (Å²) in [6.07, 6.45) is 0. The molecule has 0 heterocycles. The summed E-state index contributed by atoms with van der Waals surface area (Å²) in [5.41, 5.74) is 0. The van der Waals surface area contributed by atoms with Crippen LogP contribution in [0.4, 0.5) is 0 Å². The minimum atomic E-state index is 0. The van der Waals surface area contributed by atoms with Crippen LogP contribution in [0.15, 0.2) is 0 Å². The molecule has 0 aromatic heterocycles. The van der Waals surface area contributed by atoms with Gasteiger partial charge in [-0.3, -0.25) is 0 Å². The van der Waals surface area contributed by atoms with Crippen LogP contribution in [0, 0.1) is 0 Å². The van der Waals surface area contributed by atoms with Gasteiger partial charge in [-0.1, -0.05) is 0 Å². The number of rotatable bonds is 0. The molecular weight excluding hydrogens is 175 g/mol. The van der Waals surface area contributed by atoms with Crippen molar-refractivity contribution in [2.45, 2.75) is 0 Å². The third-order valence-corrected chi connectivity index (χ3v) is 0. The zero-order valence-electron chi connectivity index (χ0n) is 1.21. The van der Waals surface area contributed by atoms with E-state index in [9.17, 15) is 0 Å². The van der Waals surface area contributed by atoms with E-state index in [0.29, 0.717) is 0 Å². The zero-order valence-corrected chi connectivity index (χ0v) is 4.17. The van der Waals surface area contributed by atoms with Crippen molar-refractivity contribution in [3.8, 4) is 0 Å². The van der Waals surface area contributed by atoms with Crippen LogP contribution in [0.1, 0.15) is 0 Å². The molecule has 2 N–H and O–H groups in total. The van der Waals surface area contributed by atoms with Gasteiger partial charge in [-0.25, -0.2) is 0 Å². The summed E-state index contributed by atoms with van der Waals surface area (Å²) in [6.45, 7) is 0. The Bertz CT molecular complexity index is 8.00. The molecule has 0 aliphatic heterocycles. The molecule has 4 heavy (non-hydrogen) atoms. The molecule has 0 radical (unpaired) electrons. The summed E-state index contributed by atoms with van der Waals surface area (Å²) in [5.74, 6) is 0. The molecule has 0 spiro atoms. The first-order chi connectivity index (χ1) is 0. The molecule has 0 aromatic rings. The first-order valence-electron chi connectivity index (χ1n) is 0. The Balaban J connectivity index is 0.